The smallest absolute Gasteiger partial charge is 0.243 e. The highest BCUT2D eigenvalue weighted by molar-refractivity contribution is 5.42. The van der Waals surface area contributed by atoms with Crippen molar-refractivity contribution in [1.29, 1.82) is 0 Å². The quantitative estimate of drug-likeness (QED) is 0.865. The molecule has 96 valence electrons. The summed E-state index contributed by atoms with van der Waals surface area (Å²) >= 11 is 0. The Hall–Kier alpha value is -1.62. The highest BCUT2D eigenvalue weighted by Crippen LogP contribution is 2.24. The molecule has 1 aliphatic carbocycles. The summed E-state index contributed by atoms with van der Waals surface area (Å²) in [6.07, 6.45) is 6.06. The van der Waals surface area contributed by atoms with Crippen LogP contribution >= 0.6 is 0 Å². The topological polar surface area (TPSA) is 62.5 Å². The molecule has 0 bridgehead atoms. The first kappa shape index (κ1) is 11.5. The summed E-state index contributed by atoms with van der Waals surface area (Å²) in [4.78, 5) is 4.38. The molecule has 0 aromatic carbocycles. The molecule has 0 radical (unpaired) electrons. The zero-order valence-corrected chi connectivity index (χ0v) is 10.3. The van der Waals surface area contributed by atoms with Crippen molar-refractivity contribution in [3.8, 4) is 0 Å². The number of aliphatic hydroxyl groups is 1. The first-order valence-electron chi connectivity index (χ1n) is 6.56. The van der Waals surface area contributed by atoms with E-state index in [0.29, 0.717) is 11.9 Å². The minimum atomic E-state index is -0.178. The van der Waals surface area contributed by atoms with Gasteiger partial charge in [0.1, 0.15) is 0 Å². The molecule has 2 aromatic heterocycles. The third kappa shape index (κ3) is 2.31. The van der Waals surface area contributed by atoms with E-state index < -0.39 is 0 Å². The van der Waals surface area contributed by atoms with E-state index in [1.807, 2.05) is 24.4 Å². The van der Waals surface area contributed by atoms with Crippen molar-refractivity contribution in [2.75, 3.05) is 11.9 Å². The molecule has 5 heteroatoms. The van der Waals surface area contributed by atoms with Crippen LogP contribution in [0.4, 0.5) is 5.95 Å². The van der Waals surface area contributed by atoms with Crippen LogP contribution in [0.2, 0.25) is 0 Å². The molecule has 0 saturated heterocycles. The van der Waals surface area contributed by atoms with Gasteiger partial charge in [-0.05, 0) is 25.0 Å². The lowest BCUT2D eigenvalue weighted by Crippen LogP contribution is -2.30. The number of nitrogens with zero attached hydrogens (tertiary/aromatic N) is 3. The van der Waals surface area contributed by atoms with Crippen LogP contribution in [0.1, 0.15) is 25.7 Å². The summed E-state index contributed by atoms with van der Waals surface area (Å²) in [5.74, 6) is 0.962. The molecule has 18 heavy (non-hydrogen) atoms. The molecule has 3 rings (SSSR count). The van der Waals surface area contributed by atoms with E-state index in [0.717, 1.165) is 31.5 Å². The molecule has 2 heterocycles. The summed E-state index contributed by atoms with van der Waals surface area (Å²) < 4.78 is 1.75. The lowest BCUT2D eigenvalue weighted by molar-refractivity contribution is 0.0762. The van der Waals surface area contributed by atoms with E-state index in [4.69, 9.17) is 0 Å². The number of pyridine rings is 1. The Balaban J connectivity index is 1.65. The highest BCUT2D eigenvalue weighted by Gasteiger charge is 2.22. The number of aromatic nitrogens is 3. The fraction of sp³-hybridized carbons (Fsp3) is 0.538. The maximum absolute atomic E-state index is 9.90. The van der Waals surface area contributed by atoms with Gasteiger partial charge in [-0.15, -0.1) is 5.10 Å². The summed E-state index contributed by atoms with van der Waals surface area (Å²) in [5.41, 5.74) is 0.837. The Morgan fingerprint density at radius 1 is 1.33 bits per heavy atom. The fourth-order valence-electron chi connectivity index (χ4n) is 2.55. The summed E-state index contributed by atoms with van der Waals surface area (Å²) in [7, 11) is 0. The van der Waals surface area contributed by atoms with Gasteiger partial charge in [-0.2, -0.15) is 4.98 Å². The van der Waals surface area contributed by atoms with Crippen molar-refractivity contribution in [1.82, 2.24) is 14.6 Å². The number of rotatable bonds is 3. The molecule has 2 N–H and O–H groups in total. The number of fused-ring (bicyclic) bond motifs is 1. The van der Waals surface area contributed by atoms with Gasteiger partial charge < -0.3 is 10.4 Å². The van der Waals surface area contributed by atoms with Crippen molar-refractivity contribution >= 4 is 11.6 Å². The molecule has 1 aliphatic rings. The fourth-order valence-corrected chi connectivity index (χ4v) is 2.55. The van der Waals surface area contributed by atoms with E-state index in [1.54, 1.807) is 4.52 Å². The maximum atomic E-state index is 9.90. The molecule has 1 fully saturated rings. The Morgan fingerprint density at radius 3 is 3.06 bits per heavy atom. The van der Waals surface area contributed by atoms with Crippen LogP contribution in [-0.4, -0.2) is 32.4 Å². The van der Waals surface area contributed by atoms with Crippen molar-refractivity contribution in [3.63, 3.8) is 0 Å². The Morgan fingerprint density at radius 2 is 2.22 bits per heavy atom. The molecule has 1 saturated carbocycles. The predicted molar refractivity (Wildman–Crippen MR) is 69.4 cm³/mol. The van der Waals surface area contributed by atoms with Gasteiger partial charge in [0.05, 0.1) is 6.10 Å². The molecule has 5 nitrogen and oxygen atoms in total. The molecule has 0 aliphatic heterocycles. The number of hydrogen-bond donors (Lipinski definition) is 2. The average Bonchev–Trinajstić information content (AvgIpc) is 2.80. The number of nitrogens with one attached hydrogen (secondary N) is 1. The molecule has 2 aromatic rings. The minimum Gasteiger partial charge on any atom is -0.393 e. The van der Waals surface area contributed by atoms with E-state index in [9.17, 15) is 5.11 Å². The lowest BCUT2D eigenvalue weighted by Gasteiger charge is -2.27. The van der Waals surface area contributed by atoms with Gasteiger partial charge in [-0.25, -0.2) is 4.52 Å². The number of anilines is 1. The van der Waals surface area contributed by atoms with Gasteiger partial charge in [0.2, 0.25) is 5.95 Å². The SMILES string of the molecule is OC1CCCCC1CNc1nc2ccccn2n1. The third-order valence-corrected chi connectivity index (χ3v) is 3.63. The van der Waals surface area contributed by atoms with Crippen LogP contribution in [0.15, 0.2) is 24.4 Å². The Labute approximate surface area is 106 Å². The number of hydrogen-bond acceptors (Lipinski definition) is 4. The largest absolute Gasteiger partial charge is 0.393 e. The summed E-state index contributed by atoms with van der Waals surface area (Å²) in [6, 6.07) is 5.79. The van der Waals surface area contributed by atoms with Gasteiger partial charge in [0, 0.05) is 18.7 Å². The van der Waals surface area contributed by atoms with Crippen molar-refractivity contribution in [2.45, 2.75) is 31.8 Å². The van der Waals surface area contributed by atoms with E-state index >= 15 is 0 Å². The highest BCUT2D eigenvalue weighted by atomic mass is 16.3. The van der Waals surface area contributed by atoms with Gasteiger partial charge in [-0.1, -0.05) is 18.9 Å². The first-order valence-corrected chi connectivity index (χ1v) is 6.56. The van der Waals surface area contributed by atoms with E-state index in [2.05, 4.69) is 15.4 Å². The minimum absolute atomic E-state index is 0.178. The van der Waals surface area contributed by atoms with Crippen LogP contribution < -0.4 is 5.32 Å². The molecular formula is C13H18N4O. The predicted octanol–water partition coefficient (Wildman–Crippen LogP) is 1.69. The molecule has 2 unspecified atom stereocenters. The lowest BCUT2D eigenvalue weighted by atomic mass is 9.86. The first-order chi connectivity index (χ1) is 8.83. The second kappa shape index (κ2) is 4.94. The Bertz CT molecular complexity index is 491. The standard InChI is InChI=1S/C13H18N4O/c18-11-6-2-1-5-10(11)9-14-13-15-12-7-3-4-8-17(12)16-13/h3-4,7-8,10-11,18H,1-2,5-6,9H2,(H,14,16). The Kier molecular flexibility index (Phi) is 3.15. The second-order valence-corrected chi connectivity index (χ2v) is 4.93. The van der Waals surface area contributed by atoms with Gasteiger partial charge in [-0.3, -0.25) is 0 Å². The molecule has 0 spiro atoms. The zero-order valence-electron chi connectivity index (χ0n) is 10.3. The monoisotopic (exact) mass is 246 g/mol. The van der Waals surface area contributed by atoms with Gasteiger partial charge in [0.25, 0.3) is 0 Å². The third-order valence-electron chi connectivity index (χ3n) is 3.63. The van der Waals surface area contributed by atoms with Crippen molar-refractivity contribution < 1.29 is 5.11 Å². The van der Waals surface area contributed by atoms with Crippen LogP contribution in [-0.2, 0) is 0 Å². The van der Waals surface area contributed by atoms with E-state index in [-0.39, 0.29) is 6.10 Å². The van der Waals surface area contributed by atoms with Crippen LogP contribution in [0.3, 0.4) is 0 Å². The molecular weight excluding hydrogens is 228 g/mol. The normalized spacial score (nSPS) is 24.3. The maximum Gasteiger partial charge on any atom is 0.243 e. The molecule has 0 amide bonds. The van der Waals surface area contributed by atoms with Crippen LogP contribution in [0, 0.1) is 5.92 Å². The van der Waals surface area contributed by atoms with Gasteiger partial charge in [0.15, 0.2) is 5.65 Å². The van der Waals surface area contributed by atoms with Crippen LogP contribution in [0.5, 0.6) is 0 Å². The molecule has 2 atom stereocenters. The number of aliphatic hydroxyl groups excluding tert-OH is 1. The summed E-state index contributed by atoms with van der Waals surface area (Å²) in [6.45, 7) is 0.748. The zero-order chi connectivity index (χ0) is 12.4. The average molecular weight is 246 g/mol. The van der Waals surface area contributed by atoms with Crippen LogP contribution in [0.25, 0.3) is 5.65 Å². The van der Waals surface area contributed by atoms with Crippen molar-refractivity contribution in [2.24, 2.45) is 5.92 Å². The summed E-state index contributed by atoms with van der Waals surface area (Å²) in [5, 5.41) is 17.5. The van der Waals surface area contributed by atoms with Crippen molar-refractivity contribution in [3.05, 3.63) is 24.4 Å². The van der Waals surface area contributed by atoms with Gasteiger partial charge >= 0.3 is 0 Å². The van der Waals surface area contributed by atoms with E-state index in [1.165, 1.54) is 6.42 Å². The second-order valence-electron chi connectivity index (χ2n) is 4.93.